The first-order chi connectivity index (χ1) is 9.94. The molecule has 0 amide bonds. The van der Waals surface area contributed by atoms with Gasteiger partial charge in [0.05, 0.1) is 6.20 Å². The fraction of sp³-hybridized carbons (Fsp3) is 0.833. The standard InChI is InChI=1S/C18H35N3/c1-6-7-8-9-10-11-12-13-21-16(2)17(15-20-21)14-19-18(3,4)5/h15,19H,6-14H2,1-5H3. The number of hydrogen-bond acceptors (Lipinski definition) is 2. The molecule has 0 aliphatic heterocycles. The van der Waals surface area contributed by atoms with E-state index in [1.165, 1.54) is 56.2 Å². The summed E-state index contributed by atoms with van der Waals surface area (Å²) in [4.78, 5) is 0. The molecule has 1 N–H and O–H groups in total. The molecule has 0 radical (unpaired) electrons. The number of aryl methyl sites for hydroxylation is 1. The molecule has 0 aromatic carbocycles. The summed E-state index contributed by atoms with van der Waals surface area (Å²) in [5.74, 6) is 0. The van der Waals surface area contributed by atoms with Crippen LogP contribution in [0.5, 0.6) is 0 Å². The molecular weight excluding hydrogens is 258 g/mol. The Balaban J connectivity index is 2.25. The van der Waals surface area contributed by atoms with E-state index >= 15 is 0 Å². The van der Waals surface area contributed by atoms with E-state index in [0.29, 0.717) is 0 Å². The van der Waals surface area contributed by atoms with E-state index in [0.717, 1.165) is 13.1 Å². The minimum Gasteiger partial charge on any atom is -0.308 e. The molecule has 3 nitrogen and oxygen atoms in total. The van der Waals surface area contributed by atoms with Crippen LogP contribution in [0.2, 0.25) is 0 Å². The number of rotatable bonds is 10. The topological polar surface area (TPSA) is 29.9 Å². The van der Waals surface area contributed by atoms with Crippen LogP contribution < -0.4 is 5.32 Å². The summed E-state index contributed by atoms with van der Waals surface area (Å²) in [6, 6.07) is 0. The van der Waals surface area contributed by atoms with Crippen LogP contribution in [0, 0.1) is 6.92 Å². The maximum absolute atomic E-state index is 4.54. The molecule has 0 saturated carbocycles. The molecule has 1 aromatic heterocycles. The Morgan fingerprint density at radius 2 is 1.67 bits per heavy atom. The fourth-order valence-corrected chi connectivity index (χ4v) is 2.46. The Labute approximate surface area is 131 Å². The predicted octanol–water partition coefficient (Wildman–Crippen LogP) is 4.83. The number of aromatic nitrogens is 2. The van der Waals surface area contributed by atoms with Crippen molar-refractivity contribution < 1.29 is 0 Å². The zero-order valence-corrected chi connectivity index (χ0v) is 14.8. The molecule has 0 aliphatic carbocycles. The lowest BCUT2D eigenvalue weighted by molar-refractivity contribution is 0.423. The van der Waals surface area contributed by atoms with E-state index in [1.54, 1.807) is 0 Å². The molecule has 1 heterocycles. The van der Waals surface area contributed by atoms with Crippen molar-refractivity contribution >= 4 is 0 Å². The smallest absolute Gasteiger partial charge is 0.0537 e. The van der Waals surface area contributed by atoms with Gasteiger partial charge in [0.1, 0.15) is 0 Å². The van der Waals surface area contributed by atoms with Crippen LogP contribution in [-0.2, 0) is 13.1 Å². The van der Waals surface area contributed by atoms with Crippen molar-refractivity contribution in [1.29, 1.82) is 0 Å². The number of unbranched alkanes of at least 4 members (excludes halogenated alkanes) is 6. The van der Waals surface area contributed by atoms with Gasteiger partial charge >= 0.3 is 0 Å². The summed E-state index contributed by atoms with van der Waals surface area (Å²) in [5.41, 5.74) is 2.80. The average Bonchev–Trinajstić information content (AvgIpc) is 2.76. The summed E-state index contributed by atoms with van der Waals surface area (Å²) >= 11 is 0. The minimum atomic E-state index is 0.160. The maximum Gasteiger partial charge on any atom is 0.0537 e. The van der Waals surface area contributed by atoms with Crippen LogP contribution >= 0.6 is 0 Å². The van der Waals surface area contributed by atoms with Gasteiger partial charge in [-0.25, -0.2) is 0 Å². The lowest BCUT2D eigenvalue weighted by Gasteiger charge is -2.20. The first-order valence-electron chi connectivity index (χ1n) is 8.70. The van der Waals surface area contributed by atoms with Gasteiger partial charge in [-0.05, 0) is 34.1 Å². The van der Waals surface area contributed by atoms with E-state index in [2.05, 4.69) is 49.7 Å². The zero-order chi connectivity index (χ0) is 15.7. The molecule has 0 bridgehead atoms. The maximum atomic E-state index is 4.54. The van der Waals surface area contributed by atoms with Crippen molar-refractivity contribution in [1.82, 2.24) is 15.1 Å². The van der Waals surface area contributed by atoms with E-state index < -0.39 is 0 Å². The largest absolute Gasteiger partial charge is 0.308 e. The molecule has 0 atom stereocenters. The van der Waals surface area contributed by atoms with Gasteiger partial charge in [-0.15, -0.1) is 0 Å². The van der Waals surface area contributed by atoms with Gasteiger partial charge in [0.2, 0.25) is 0 Å². The quantitative estimate of drug-likeness (QED) is 0.626. The third-order valence-electron chi connectivity index (χ3n) is 3.99. The van der Waals surface area contributed by atoms with Gasteiger partial charge in [-0.3, -0.25) is 4.68 Å². The van der Waals surface area contributed by atoms with Gasteiger partial charge in [-0.2, -0.15) is 5.10 Å². The van der Waals surface area contributed by atoms with Crippen molar-refractivity contribution in [2.24, 2.45) is 0 Å². The third-order valence-corrected chi connectivity index (χ3v) is 3.99. The summed E-state index contributed by atoms with van der Waals surface area (Å²) in [5, 5.41) is 8.08. The highest BCUT2D eigenvalue weighted by molar-refractivity contribution is 5.16. The zero-order valence-electron chi connectivity index (χ0n) is 14.8. The minimum absolute atomic E-state index is 0.160. The molecule has 122 valence electrons. The van der Waals surface area contributed by atoms with E-state index in [-0.39, 0.29) is 5.54 Å². The average molecular weight is 293 g/mol. The normalized spacial score (nSPS) is 12.0. The van der Waals surface area contributed by atoms with Gasteiger partial charge in [0.25, 0.3) is 0 Å². The molecule has 1 rings (SSSR count). The first-order valence-corrected chi connectivity index (χ1v) is 8.70. The Hall–Kier alpha value is -0.830. The van der Waals surface area contributed by atoms with Crippen molar-refractivity contribution in [3.63, 3.8) is 0 Å². The summed E-state index contributed by atoms with van der Waals surface area (Å²) in [6.07, 6.45) is 11.5. The summed E-state index contributed by atoms with van der Waals surface area (Å²) in [6.45, 7) is 13.0. The molecule has 0 saturated heterocycles. The SMILES string of the molecule is CCCCCCCCCn1ncc(CNC(C)(C)C)c1C. The Kier molecular flexibility index (Phi) is 8.02. The number of hydrogen-bond donors (Lipinski definition) is 1. The molecule has 0 unspecified atom stereocenters. The van der Waals surface area contributed by atoms with Crippen LogP contribution in [-0.4, -0.2) is 15.3 Å². The third kappa shape index (κ3) is 7.66. The van der Waals surface area contributed by atoms with Crippen molar-refractivity contribution in [2.75, 3.05) is 0 Å². The van der Waals surface area contributed by atoms with Crippen LogP contribution in [0.1, 0.15) is 83.9 Å². The Morgan fingerprint density at radius 3 is 2.29 bits per heavy atom. The lowest BCUT2D eigenvalue weighted by atomic mass is 10.1. The highest BCUT2D eigenvalue weighted by Crippen LogP contribution is 2.12. The molecule has 21 heavy (non-hydrogen) atoms. The Bertz CT molecular complexity index is 388. The molecule has 0 fully saturated rings. The van der Waals surface area contributed by atoms with E-state index in [4.69, 9.17) is 0 Å². The second-order valence-corrected chi connectivity index (χ2v) is 7.20. The number of nitrogens with zero attached hydrogens (tertiary/aromatic N) is 2. The molecule has 0 aliphatic rings. The van der Waals surface area contributed by atoms with Crippen molar-refractivity contribution in [3.05, 3.63) is 17.5 Å². The Morgan fingerprint density at radius 1 is 1.05 bits per heavy atom. The molecular formula is C18H35N3. The lowest BCUT2D eigenvalue weighted by Crippen LogP contribution is -2.35. The van der Waals surface area contributed by atoms with Crippen molar-refractivity contribution in [3.8, 4) is 0 Å². The van der Waals surface area contributed by atoms with E-state index in [9.17, 15) is 0 Å². The van der Waals surface area contributed by atoms with E-state index in [1.807, 2.05) is 6.20 Å². The van der Waals surface area contributed by atoms with Gasteiger partial charge in [0.15, 0.2) is 0 Å². The second-order valence-electron chi connectivity index (χ2n) is 7.20. The number of nitrogens with one attached hydrogen (secondary N) is 1. The second kappa shape index (κ2) is 9.24. The van der Waals surface area contributed by atoms with Gasteiger partial charge < -0.3 is 5.32 Å². The van der Waals surface area contributed by atoms with Crippen molar-refractivity contribution in [2.45, 2.75) is 98.2 Å². The van der Waals surface area contributed by atoms with Crippen LogP contribution in [0.3, 0.4) is 0 Å². The van der Waals surface area contributed by atoms with Gasteiger partial charge in [-0.1, -0.05) is 45.4 Å². The first kappa shape index (κ1) is 18.2. The summed E-state index contributed by atoms with van der Waals surface area (Å²) in [7, 11) is 0. The highest BCUT2D eigenvalue weighted by Gasteiger charge is 2.11. The van der Waals surface area contributed by atoms with Gasteiger partial charge in [0, 0.05) is 29.9 Å². The molecule has 3 heteroatoms. The predicted molar refractivity (Wildman–Crippen MR) is 91.5 cm³/mol. The molecule has 0 spiro atoms. The molecule has 1 aromatic rings. The van der Waals surface area contributed by atoms with Crippen LogP contribution in [0.4, 0.5) is 0 Å². The highest BCUT2D eigenvalue weighted by atomic mass is 15.3. The summed E-state index contributed by atoms with van der Waals surface area (Å²) < 4.78 is 2.17. The monoisotopic (exact) mass is 293 g/mol. The fourth-order valence-electron chi connectivity index (χ4n) is 2.46. The van der Waals surface area contributed by atoms with Crippen LogP contribution in [0.25, 0.3) is 0 Å². The van der Waals surface area contributed by atoms with Crippen LogP contribution in [0.15, 0.2) is 6.20 Å².